The Balaban J connectivity index is 1.29. The monoisotopic (exact) mass is 474 g/mol. The molecule has 1 fully saturated rings. The lowest BCUT2D eigenvalue weighted by Gasteiger charge is -2.40. The highest BCUT2D eigenvalue weighted by molar-refractivity contribution is 6.30. The number of fused-ring (bicyclic) bond motifs is 2. The third-order valence-electron chi connectivity index (χ3n) is 8.22. The number of nitrogens with zero attached hydrogens (tertiary/aromatic N) is 1. The number of halogens is 1. The van der Waals surface area contributed by atoms with Crippen LogP contribution in [-0.4, -0.2) is 36.2 Å². The molecule has 3 aromatic rings. The van der Waals surface area contributed by atoms with Crippen molar-refractivity contribution in [1.82, 2.24) is 4.90 Å². The van der Waals surface area contributed by atoms with E-state index in [9.17, 15) is 5.11 Å². The Bertz CT molecular complexity index is 1070. The molecular formula is C30H35ClN2O. The molecule has 1 heterocycles. The summed E-state index contributed by atoms with van der Waals surface area (Å²) < 4.78 is 0. The number of hydrogen-bond donors (Lipinski definition) is 2. The van der Waals surface area contributed by atoms with Crippen LogP contribution in [0.15, 0.2) is 72.8 Å². The molecule has 4 heteroatoms. The van der Waals surface area contributed by atoms with Gasteiger partial charge in [-0.05, 0) is 85.0 Å². The highest BCUT2D eigenvalue weighted by Gasteiger charge is 2.38. The van der Waals surface area contributed by atoms with E-state index in [-0.39, 0.29) is 5.41 Å². The predicted molar refractivity (Wildman–Crippen MR) is 140 cm³/mol. The molecule has 0 bridgehead atoms. The second-order valence-electron chi connectivity index (χ2n) is 10.1. The Hall–Kier alpha value is -2.17. The first-order valence-corrected chi connectivity index (χ1v) is 13.0. The zero-order valence-electron chi connectivity index (χ0n) is 19.8. The van der Waals surface area contributed by atoms with E-state index in [1.165, 1.54) is 22.3 Å². The molecule has 0 atom stereocenters. The van der Waals surface area contributed by atoms with Gasteiger partial charge in [-0.25, -0.2) is 0 Å². The molecule has 5 rings (SSSR count). The van der Waals surface area contributed by atoms with Crippen LogP contribution in [-0.2, 0) is 23.9 Å². The van der Waals surface area contributed by atoms with Crippen molar-refractivity contribution >= 4 is 11.6 Å². The summed E-state index contributed by atoms with van der Waals surface area (Å²) in [5.41, 5.74) is 12.4. The Morgan fingerprint density at radius 1 is 0.824 bits per heavy atom. The van der Waals surface area contributed by atoms with E-state index in [4.69, 9.17) is 17.3 Å². The summed E-state index contributed by atoms with van der Waals surface area (Å²) in [5.74, 6) is 0. The second-order valence-corrected chi connectivity index (χ2v) is 10.5. The highest BCUT2D eigenvalue weighted by Crippen LogP contribution is 2.42. The molecule has 0 amide bonds. The van der Waals surface area contributed by atoms with Gasteiger partial charge >= 0.3 is 0 Å². The van der Waals surface area contributed by atoms with Crippen molar-refractivity contribution in [2.75, 3.05) is 26.2 Å². The minimum Gasteiger partial charge on any atom is -0.385 e. The van der Waals surface area contributed by atoms with Crippen LogP contribution in [0.3, 0.4) is 0 Å². The van der Waals surface area contributed by atoms with Crippen LogP contribution < -0.4 is 5.73 Å². The molecule has 3 nitrogen and oxygen atoms in total. The fourth-order valence-electron chi connectivity index (χ4n) is 6.22. The van der Waals surface area contributed by atoms with Crippen LogP contribution in [0.4, 0.5) is 0 Å². The van der Waals surface area contributed by atoms with Gasteiger partial charge in [0.15, 0.2) is 0 Å². The highest BCUT2D eigenvalue weighted by atomic mass is 35.5. The van der Waals surface area contributed by atoms with Crippen molar-refractivity contribution in [3.8, 4) is 0 Å². The smallest absolute Gasteiger partial charge is 0.0920 e. The lowest BCUT2D eigenvalue weighted by atomic mass is 9.69. The average Bonchev–Trinajstić information content (AvgIpc) is 3.01. The maximum Gasteiger partial charge on any atom is 0.0920 e. The van der Waals surface area contributed by atoms with Crippen molar-refractivity contribution in [1.29, 1.82) is 0 Å². The molecule has 178 valence electrons. The molecule has 3 N–H and O–H groups in total. The molecule has 0 spiro atoms. The van der Waals surface area contributed by atoms with Gasteiger partial charge in [0.05, 0.1) is 5.60 Å². The number of rotatable bonds is 6. The molecule has 0 aromatic heterocycles. The molecule has 34 heavy (non-hydrogen) atoms. The molecule has 0 unspecified atom stereocenters. The van der Waals surface area contributed by atoms with Gasteiger partial charge in [0, 0.05) is 30.1 Å². The van der Waals surface area contributed by atoms with Gasteiger partial charge in [0.25, 0.3) is 0 Å². The molecule has 0 saturated carbocycles. The van der Waals surface area contributed by atoms with E-state index in [0.29, 0.717) is 11.6 Å². The van der Waals surface area contributed by atoms with Gasteiger partial charge < -0.3 is 15.7 Å². The van der Waals surface area contributed by atoms with E-state index < -0.39 is 5.60 Å². The molecular weight excluding hydrogens is 440 g/mol. The quantitative estimate of drug-likeness (QED) is 0.499. The van der Waals surface area contributed by atoms with Crippen molar-refractivity contribution < 1.29 is 5.11 Å². The normalized spacial score (nSPS) is 19.1. The largest absolute Gasteiger partial charge is 0.385 e. The van der Waals surface area contributed by atoms with Crippen LogP contribution in [0.25, 0.3) is 0 Å². The topological polar surface area (TPSA) is 49.5 Å². The van der Waals surface area contributed by atoms with Crippen LogP contribution in [0.1, 0.15) is 53.5 Å². The number of hydrogen-bond acceptors (Lipinski definition) is 3. The first-order valence-electron chi connectivity index (χ1n) is 12.6. The number of aliphatic hydroxyl groups is 1. The number of likely N-dealkylation sites (tertiary alicyclic amines) is 1. The fourth-order valence-corrected chi connectivity index (χ4v) is 6.34. The van der Waals surface area contributed by atoms with E-state index in [0.717, 1.165) is 63.7 Å². The Morgan fingerprint density at radius 2 is 1.38 bits per heavy atom. The third kappa shape index (κ3) is 4.43. The Labute approximate surface area is 208 Å². The number of benzene rings is 3. The third-order valence-corrected chi connectivity index (χ3v) is 8.47. The molecule has 3 aromatic carbocycles. The average molecular weight is 475 g/mol. The number of aryl methyl sites for hydroxylation is 2. The first kappa shape index (κ1) is 23.6. The summed E-state index contributed by atoms with van der Waals surface area (Å²) in [6, 6.07) is 25.5. The van der Waals surface area contributed by atoms with Crippen LogP contribution in [0, 0.1) is 0 Å². The maximum atomic E-state index is 11.2. The SMILES string of the molecule is NCC1(CCCN2CCC(O)(c3ccc(Cl)cc3)CC2)c2ccccc2CCc2ccccc21. The summed E-state index contributed by atoms with van der Waals surface area (Å²) in [7, 11) is 0. The first-order chi connectivity index (χ1) is 16.5. The molecule has 2 aliphatic rings. The predicted octanol–water partition coefficient (Wildman–Crippen LogP) is 5.45. The van der Waals surface area contributed by atoms with Gasteiger partial charge in [0.2, 0.25) is 0 Å². The molecule has 1 saturated heterocycles. The summed E-state index contributed by atoms with van der Waals surface area (Å²) >= 11 is 6.04. The van der Waals surface area contributed by atoms with E-state index in [1.54, 1.807) is 0 Å². The van der Waals surface area contributed by atoms with Gasteiger partial charge in [0.1, 0.15) is 0 Å². The Morgan fingerprint density at radius 3 is 1.94 bits per heavy atom. The van der Waals surface area contributed by atoms with Gasteiger partial charge in [-0.3, -0.25) is 0 Å². The standard InChI is InChI=1S/C30H35ClN2O/c31-26-14-12-25(13-15-26)30(34)17-20-33(21-18-30)19-5-16-29(22-32)27-8-3-1-6-23(27)10-11-24-7-2-4-9-28(24)29/h1-4,6-9,12-15,34H,5,10-11,16-22,32H2. The zero-order chi connectivity index (χ0) is 23.6. The lowest BCUT2D eigenvalue weighted by molar-refractivity contribution is -0.0262. The van der Waals surface area contributed by atoms with E-state index in [1.807, 2.05) is 24.3 Å². The number of piperidine rings is 1. The van der Waals surface area contributed by atoms with Gasteiger partial charge in [-0.15, -0.1) is 0 Å². The zero-order valence-corrected chi connectivity index (χ0v) is 20.6. The summed E-state index contributed by atoms with van der Waals surface area (Å²) in [4.78, 5) is 2.50. The van der Waals surface area contributed by atoms with Crippen LogP contribution >= 0.6 is 11.6 Å². The lowest BCUT2D eigenvalue weighted by Crippen LogP contribution is -2.43. The van der Waals surface area contributed by atoms with Crippen molar-refractivity contribution in [2.45, 2.75) is 49.5 Å². The van der Waals surface area contributed by atoms with Crippen LogP contribution in [0.2, 0.25) is 5.02 Å². The van der Waals surface area contributed by atoms with Crippen molar-refractivity contribution in [3.05, 3.63) is 106 Å². The summed E-state index contributed by atoms with van der Waals surface area (Å²) in [6.07, 6.45) is 5.77. The number of nitrogens with two attached hydrogens (primary N) is 1. The summed E-state index contributed by atoms with van der Waals surface area (Å²) in [6.45, 7) is 3.46. The maximum absolute atomic E-state index is 11.2. The fraction of sp³-hybridized carbons (Fsp3) is 0.400. The minimum atomic E-state index is -0.751. The summed E-state index contributed by atoms with van der Waals surface area (Å²) in [5, 5.41) is 11.9. The molecule has 1 aliphatic carbocycles. The van der Waals surface area contributed by atoms with E-state index >= 15 is 0 Å². The molecule has 0 radical (unpaired) electrons. The van der Waals surface area contributed by atoms with Crippen molar-refractivity contribution in [3.63, 3.8) is 0 Å². The second kappa shape index (κ2) is 9.83. The van der Waals surface area contributed by atoms with Crippen molar-refractivity contribution in [2.24, 2.45) is 5.73 Å². The van der Waals surface area contributed by atoms with Gasteiger partial charge in [-0.1, -0.05) is 72.3 Å². The van der Waals surface area contributed by atoms with Crippen LogP contribution in [0.5, 0.6) is 0 Å². The minimum absolute atomic E-state index is 0.135. The van der Waals surface area contributed by atoms with E-state index in [2.05, 4.69) is 53.4 Å². The molecule has 1 aliphatic heterocycles. The Kier molecular flexibility index (Phi) is 6.81. The van der Waals surface area contributed by atoms with Gasteiger partial charge in [-0.2, -0.15) is 0 Å².